The first kappa shape index (κ1) is 22.5. The molecule has 0 aromatic heterocycles. The molecule has 0 radical (unpaired) electrons. The van der Waals surface area contributed by atoms with Crippen LogP contribution in [0.25, 0.3) is 0 Å². The van der Waals surface area contributed by atoms with Crippen molar-refractivity contribution in [1.82, 2.24) is 10.2 Å². The summed E-state index contributed by atoms with van der Waals surface area (Å²) in [6.45, 7) is 2.14. The fourth-order valence-electron chi connectivity index (χ4n) is 5.08. The van der Waals surface area contributed by atoms with Gasteiger partial charge in [0.25, 0.3) is 5.91 Å². The third-order valence-corrected chi connectivity index (χ3v) is 6.95. The van der Waals surface area contributed by atoms with Crippen LogP contribution in [0.1, 0.15) is 67.4 Å². The van der Waals surface area contributed by atoms with Crippen molar-refractivity contribution < 1.29 is 19.1 Å². The van der Waals surface area contributed by atoms with Crippen LogP contribution in [0.2, 0.25) is 0 Å². The van der Waals surface area contributed by atoms with Gasteiger partial charge in [-0.25, -0.2) is 4.39 Å². The minimum absolute atomic E-state index is 0.00791. The van der Waals surface area contributed by atoms with Gasteiger partial charge in [-0.3, -0.25) is 9.59 Å². The van der Waals surface area contributed by atoms with Crippen molar-refractivity contribution in [2.75, 3.05) is 6.54 Å². The lowest BCUT2D eigenvalue weighted by Gasteiger charge is -2.50. The number of amides is 2. The molecule has 1 aliphatic carbocycles. The Morgan fingerprint density at radius 2 is 1.69 bits per heavy atom. The number of halogens is 1. The van der Waals surface area contributed by atoms with Crippen molar-refractivity contribution in [3.8, 4) is 0 Å². The molecule has 3 unspecified atom stereocenters. The molecule has 170 valence electrons. The standard InChI is InChI=1S/C26H31FN2O3/c1-26(32)16-17-29(25(31)20-10-6-3-7-11-20)22(18-8-4-2-5-9-18)23(26)28-24(30)19-12-14-21(27)15-13-19/h2,4-5,8-9,12-15,20,22-23,32H,3,6-7,10-11,16-17H2,1H3,(H,28,30). The van der Waals surface area contributed by atoms with Crippen molar-refractivity contribution in [3.63, 3.8) is 0 Å². The molecule has 2 N–H and O–H groups in total. The maximum Gasteiger partial charge on any atom is 0.251 e. The van der Waals surface area contributed by atoms with Crippen LogP contribution in [0.3, 0.4) is 0 Å². The second-order valence-corrected chi connectivity index (χ2v) is 9.29. The molecule has 1 heterocycles. The first-order valence-corrected chi connectivity index (χ1v) is 11.5. The van der Waals surface area contributed by atoms with E-state index in [-0.39, 0.29) is 11.8 Å². The Bertz CT molecular complexity index is 939. The molecule has 0 spiro atoms. The molecular formula is C26H31FN2O3. The lowest BCUT2D eigenvalue weighted by atomic mass is 9.78. The Kier molecular flexibility index (Phi) is 6.60. The number of nitrogens with zero attached hydrogens (tertiary/aromatic N) is 1. The second-order valence-electron chi connectivity index (χ2n) is 9.29. The number of benzene rings is 2. The fourth-order valence-corrected chi connectivity index (χ4v) is 5.08. The van der Waals surface area contributed by atoms with Crippen molar-refractivity contribution in [1.29, 1.82) is 0 Å². The zero-order chi connectivity index (χ0) is 22.7. The highest BCUT2D eigenvalue weighted by atomic mass is 19.1. The van der Waals surface area contributed by atoms with E-state index in [1.54, 1.807) is 6.92 Å². The topological polar surface area (TPSA) is 69.6 Å². The van der Waals surface area contributed by atoms with Gasteiger partial charge in [-0.15, -0.1) is 0 Å². The van der Waals surface area contributed by atoms with Gasteiger partial charge in [-0.1, -0.05) is 49.6 Å². The van der Waals surface area contributed by atoms with E-state index in [0.717, 1.165) is 37.7 Å². The number of nitrogens with one attached hydrogen (secondary N) is 1. The van der Waals surface area contributed by atoms with Crippen LogP contribution in [0.15, 0.2) is 54.6 Å². The molecule has 1 aliphatic heterocycles. The molecule has 5 nitrogen and oxygen atoms in total. The van der Waals surface area contributed by atoms with Gasteiger partial charge in [0.05, 0.1) is 17.7 Å². The molecule has 3 atom stereocenters. The summed E-state index contributed by atoms with van der Waals surface area (Å²) < 4.78 is 13.3. The molecule has 0 bridgehead atoms. The van der Waals surface area contributed by atoms with E-state index in [1.807, 2.05) is 35.2 Å². The summed E-state index contributed by atoms with van der Waals surface area (Å²) in [5, 5.41) is 14.3. The van der Waals surface area contributed by atoms with Crippen LogP contribution in [0, 0.1) is 11.7 Å². The van der Waals surface area contributed by atoms with Crippen LogP contribution in [-0.2, 0) is 4.79 Å². The van der Waals surface area contributed by atoms with Gasteiger partial charge < -0.3 is 15.3 Å². The maximum absolute atomic E-state index is 13.6. The van der Waals surface area contributed by atoms with Crippen LogP contribution >= 0.6 is 0 Å². The zero-order valence-corrected chi connectivity index (χ0v) is 18.5. The molecule has 2 aliphatic rings. The van der Waals surface area contributed by atoms with Crippen molar-refractivity contribution in [3.05, 3.63) is 71.5 Å². The molecule has 6 heteroatoms. The highest BCUT2D eigenvalue weighted by Crippen LogP contribution is 2.39. The summed E-state index contributed by atoms with van der Waals surface area (Å²) >= 11 is 0. The largest absolute Gasteiger partial charge is 0.388 e. The molecule has 4 rings (SSSR count). The number of hydrogen-bond acceptors (Lipinski definition) is 3. The van der Waals surface area contributed by atoms with Crippen LogP contribution < -0.4 is 5.32 Å². The highest BCUT2D eigenvalue weighted by Gasteiger charge is 2.48. The van der Waals surface area contributed by atoms with Gasteiger partial charge in [0, 0.05) is 18.0 Å². The number of carbonyl (C=O) groups is 2. The lowest BCUT2D eigenvalue weighted by molar-refractivity contribution is -0.148. The molecule has 1 saturated heterocycles. The smallest absolute Gasteiger partial charge is 0.251 e. The molecule has 2 aromatic rings. The number of piperidine rings is 1. The maximum atomic E-state index is 13.6. The second kappa shape index (κ2) is 9.41. The van der Waals surface area contributed by atoms with Crippen LogP contribution in [0.5, 0.6) is 0 Å². The number of rotatable bonds is 4. The van der Waals surface area contributed by atoms with Gasteiger partial charge in [-0.2, -0.15) is 0 Å². The monoisotopic (exact) mass is 438 g/mol. The Hall–Kier alpha value is -2.73. The fraction of sp³-hybridized carbons (Fsp3) is 0.462. The van der Waals surface area contributed by atoms with Crippen molar-refractivity contribution >= 4 is 11.8 Å². The third kappa shape index (κ3) is 4.70. The Morgan fingerprint density at radius 3 is 2.34 bits per heavy atom. The SMILES string of the molecule is CC1(O)CCN(C(=O)C2CCCCC2)C(c2ccccc2)C1NC(=O)c1ccc(F)cc1. The Balaban J connectivity index is 1.67. The van der Waals surface area contributed by atoms with E-state index >= 15 is 0 Å². The zero-order valence-electron chi connectivity index (χ0n) is 18.5. The van der Waals surface area contributed by atoms with Crippen molar-refractivity contribution in [2.45, 2.75) is 63.1 Å². The summed E-state index contributed by atoms with van der Waals surface area (Å²) in [5.74, 6) is -0.720. The molecule has 2 aromatic carbocycles. The van der Waals surface area contributed by atoms with Crippen LogP contribution in [0.4, 0.5) is 4.39 Å². The minimum Gasteiger partial charge on any atom is -0.388 e. The van der Waals surface area contributed by atoms with Gasteiger partial charge in [-0.05, 0) is 56.0 Å². The first-order chi connectivity index (χ1) is 15.4. The van der Waals surface area contributed by atoms with E-state index in [9.17, 15) is 19.1 Å². The summed E-state index contributed by atoms with van der Waals surface area (Å²) in [6.07, 6.45) is 5.42. The van der Waals surface area contributed by atoms with Gasteiger partial charge >= 0.3 is 0 Å². The predicted molar refractivity (Wildman–Crippen MR) is 120 cm³/mol. The number of aliphatic hydroxyl groups is 1. The van der Waals surface area contributed by atoms with E-state index in [1.165, 1.54) is 24.3 Å². The predicted octanol–water partition coefficient (Wildman–Crippen LogP) is 4.23. The molecular weight excluding hydrogens is 407 g/mol. The van der Waals surface area contributed by atoms with Crippen LogP contribution in [-0.4, -0.2) is 40.0 Å². The number of hydrogen-bond donors (Lipinski definition) is 2. The Morgan fingerprint density at radius 1 is 1.03 bits per heavy atom. The van der Waals surface area contributed by atoms with Gasteiger partial charge in [0.2, 0.25) is 5.91 Å². The molecule has 32 heavy (non-hydrogen) atoms. The number of carbonyl (C=O) groups excluding carboxylic acids is 2. The molecule has 2 amide bonds. The summed E-state index contributed by atoms with van der Waals surface area (Å²) in [7, 11) is 0. The van der Waals surface area contributed by atoms with E-state index in [2.05, 4.69) is 5.32 Å². The van der Waals surface area contributed by atoms with Gasteiger partial charge in [0.1, 0.15) is 5.82 Å². The number of likely N-dealkylation sites (tertiary alicyclic amines) is 1. The van der Waals surface area contributed by atoms with E-state index in [0.29, 0.717) is 18.5 Å². The average molecular weight is 439 g/mol. The average Bonchev–Trinajstić information content (AvgIpc) is 2.81. The minimum atomic E-state index is -1.21. The van der Waals surface area contributed by atoms with Crippen molar-refractivity contribution in [2.24, 2.45) is 5.92 Å². The summed E-state index contributed by atoms with van der Waals surface area (Å²) in [4.78, 5) is 28.5. The third-order valence-electron chi connectivity index (χ3n) is 6.95. The van der Waals surface area contributed by atoms with E-state index < -0.39 is 29.4 Å². The summed E-state index contributed by atoms with van der Waals surface area (Å²) in [6, 6.07) is 13.7. The summed E-state index contributed by atoms with van der Waals surface area (Å²) in [5.41, 5.74) is -0.0229. The molecule has 2 fully saturated rings. The normalized spacial score (nSPS) is 26.5. The lowest BCUT2D eigenvalue weighted by Crippen LogP contribution is -2.64. The molecule has 1 saturated carbocycles. The van der Waals surface area contributed by atoms with E-state index in [4.69, 9.17) is 0 Å². The quantitative estimate of drug-likeness (QED) is 0.751. The first-order valence-electron chi connectivity index (χ1n) is 11.5. The van der Waals surface area contributed by atoms with Gasteiger partial charge in [0.15, 0.2) is 0 Å². The highest BCUT2D eigenvalue weighted by molar-refractivity contribution is 5.94. The Labute approximate surface area is 188 Å².